The molecule has 1 atom stereocenters. The molecule has 0 aliphatic rings. The predicted octanol–water partition coefficient (Wildman–Crippen LogP) is 0.927. The fraction of sp³-hybridized carbons (Fsp3) is 0.333. The van der Waals surface area contributed by atoms with E-state index >= 15 is 0 Å². The number of ether oxygens (including phenoxy) is 1. The minimum absolute atomic E-state index is 0.0835. The monoisotopic (exact) mass is 274 g/mol. The molecule has 0 aliphatic carbocycles. The quantitative estimate of drug-likeness (QED) is 0.815. The van der Waals surface area contributed by atoms with Crippen LogP contribution in [0, 0.1) is 0 Å². The average molecular weight is 275 g/mol. The number of methoxy groups -OCH3 is 1. The Hall–Kier alpha value is -1.30. The number of nitrogens with zero attached hydrogens (tertiary/aromatic N) is 1. The second-order valence-electron chi connectivity index (χ2n) is 3.04. The van der Waals surface area contributed by atoms with Gasteiger partial charge in [-0.3, -0.25) is 4.79 Å². The lowest BCUT2D eigenvalue weighted by molar-refractivity contribution is -0.144. The first kappa shape index (κ1) is 11.8. The zero-order chi connectivity index (χ0) is 11.6. The largest absolute Gasteiger partial charge is 0.467 e. The van der Waals surface area contributed by atoms with Gasteiger partial charge in [-0.05, 0) is 22.9 Å². The lowest BCUT2D eigenvalue weighted by atomic mass is 10.3. The van der Waals surface area contributed by atoms with Gasteiger partial charge >= 0.3 is 5.97 Å². The minimum atomic E-state index is -0.519. The van der Waals surface area contributed by atoms with Crippen molar-refractivity contribution in [3.63, 3.8) is 0 Å². The molecule has 0 aliphatic heterocycles. The van der Waals surface area contributed by atoms with Crippen molar-refractivity contribution in [3.05, 3.63) is 27.1 Å². The van der Waals surface area contributed by atoms with Gasteiger partial charge in [0.15, 0.2) is 0 Å². The van der Waals surface area contributed by atoms with Crippen LogP contribution in [-0.4, -0.2) is 17.6 Å². The molecule has 2 N–H and O–H groups in total. The number of nitrogen functional groups attached to an aromatic ring is 1. The zero-order valence-electron chi connectivity index (χ0n) is 8.36. The second-order valence-corrected chi connectivity index (χ2v) is 3.89. The second kappa shape index (κ2) is 4.48. The lowest BCUT2D eigenvalue weighted by Crippen LogP contribution is -2.21. The highest BCUT2D eigenvalue weighted by atomic mass is 79.9. The average Bonchev–Trinajstić information content (AvgIpc) is 2.23. The molecule has 6 heteroatoms. The molecule has 1 aromatic heterocycles. The van der Waals surface area contributed by atoms with Crippen molar-refractivity contribution in [1.82, 2.24) is 4.57 Å². The van der Waals surface area contributed by atoms with Crippen LogP contribution in [0.3, 0.4) is 0 Å². The number of carbonyl (C=O) groups is 1. The van der Waals surface area contributed by atoms with E-state index in [1.165, 1.54) is 24.1 Å². The summed E-state index contributed by atoms with van der Waals surface area (Å²) in [7, 11) is 1.31. The summed E-state index contributed by atoms with van der Waals surface area (Å²) in [5, 5.41) is 0. The van der Waals surface area contributed by atoms with E-state index in [1.54, 1.807) is 6.92 Å². The van der Waals surface area contributed by atoms with Gasteiger partial charge < -0.3 is 15.0 Å². The van der Waals surface area contributed by atoms with Crippen molar-refractivity contribution in [1.29, 1.82) is 0 Å². The third kappa shape index (κ3) is 2.38. The van der Waals surface area contributed by atoms with Crippen LogP contribution in [0.4, 0.5) is 5.69 Å². The molecular weight excluding hydrogens is 264 g/mol. The normalized spacial score (nSPS) is 12.2. The van der Waals surface area contributed by atoms with E-state index in [-0.39, 0.29) is 11.1 Å². The van der Waals surface area contributed by atoms with Crippen molar-refractivity contribution in [2.75, 3.05) is 12.8 Å². The third-order valence-corrected chi connectivity index (χ3v) is 2.58. The standard InChI is InChI=1S/C9H11BrN2O3/c1-5(9(14)15-2)12-3-6(10)8(13)7(11)4-12/h3-5H,11H2,1-2H3. The number of esters is 1. The molecule has 0 fully saturated rings. The van der Waals surface area contributed by atoms with Crippen LogP contribution >= 0.6 is 15.9 Å². The summed E-state index contributed by atoms with van der Waals surface area (Å²) < 4.78 is 6.42. The van der Waals surface area contributed by atoms with Gasteiger partial charge in [-0.25, -0.2) is 4.79 Å². The predicted molar refractivity (Wildman–Crippen MR) is 59.5 cm³/mol. The molecule has 1 aromatic rings. The molecule has 0 saturated carbocycles. The summed E-state index contributed by atoms with van der Waals surface area (Å²) in [6.45, 7) is 1.65. The van der Waals surface area contributed by atoms with Crippen molar-refractivity contribution in [2.45, 2.75) is 13.0 Å². The first-order chi connectivity index (χ1) is 6.97. The molecule has 0 bridgehead atoms. The van der Waals surface area contributed by atoms with Crippen LogP contribution in [0.1, 0.15) is 13.0 Å². The number of aromatic nitrogens is 1. The summed E-state index contributed by atoms with van der Waals surface area (Å²) in [5.41, 5.74) is 5.28. The maximum atomic E-state index is 11.3. The Labute approximate surface area is 95.0 Å². The Bertz CT molecular complexity index is 415. The highest BCUT2D eigenvalue weighted by Crippen LogP contribution is 2.13. The molecule has 5 nitrogen and oxygen atoms in total. The molecule has 0 aromatic carbocycles. The number of nitrogens with two attached hydrogens (primary N) is 1. The summed E-state index contributed by atoms with van der Waals surface area (Å²) in [5.74, 6) is -0.398. The van der Waals surface area contributed by atoms with E-state index in [0.717, 1.165) is 0 Å². The SMILES string of the molecule is COC(=O)C(C)n1cc(N)c(=O)c(Br)c1. The van der Waals surface area contributed by atoms with Gasteiger partial charge in [-0.2, -0.15) is 0 Å². The number of carbonyl (C=O) groups excluding carboxylic acids is 1. The van der Waals surface area contributed by atoms with Crippen LogP contribution in [-0.2, 0) is 9.53 Å². The van der Waals surface area contributed by atoms with Crippen molar-refractivity contribution >= 4 is 27.6 Å². The molecule has 82 valence electrons. The van der Waals surface area contributed by atoms with Gasteiger partial charge in [0, 0.05) is 12.4 Å². The van der Waals surface area contributed by atoms with Gasteiger partial charge in [0.25, 0.3) is 0 Å². The number of anilines is 1. The fourth-order valence-electron chi connectivity index (χ4n) is 1.10. The molecular formula is C9H11BrN2O3. The molecule has 0 amide bonds. The smallest absolute Gasteiger partial charge is 0.328 e. The van der Waals surface area contributed by atoms with Gasteiger partial charge in [-0.15, -0.1) is 0 Å². The topological polar surface area (TPSA) is 74.3 Å². The van der Waals surface area contributed by atoms with E-state index in [2.05, 4.69) is 20.7 Å². The fourth-order valence-corrected chi connectivity index (χ4v) is 1.57. The van der Waals surface area contributed by atoms with E-state index in [1.807, 2.05) is 0 Å². The Morgan fingerprint density at radius 3 is 2.67 bits per heavy atom. The third-order valence-electron chi connectivity index (χ3n) is 2.02. The Balaban J connectivity index is 3.17. The Morgan fingerprint density at radius 2 is 2.20 bits per heavy atom. The van der Waals surface area contributed by atoms with Crippen LogP contribution in [0.5, 0.6) is 0 Å². The number of hydrogen-bond acceptors (Lipinski definition) is 4. The Morgan fingerprint density at radius 1 is 1.60 bits per heavy atom. The summed E-state index contributed by atoms with van der Waals surface area (Å²) in [4.78, 5) is 22.5. The highest BCUT2D eigenvalue weighted by molar-refractivity contribution is 9.10. The lowest BCUT2D eigenvalue weighted by Gasteiger charge is -2.14. The molecule has 1 heterocycles. The van der Waals surface area contributed by atoms with E-state index < -0.39 is 12.0 Å². The van der Waals surface area contributed by atoms with Crippen LogP contribution in [0.15, 0.2) is 21.7 Å². The van der Waals surface area contributed by atoms with E-state index in [4.69, 9.17) is 5.73 Å². The molecule has 0 saturated heterocycles. The minimum Gasteiger partial charge on any atom is -0.467 e. The van der Waals surface area contributed by atoms with E-state index in [9.17, 15) is 9.59 Å². The van der Waals surface area contributed by atoms with Gasteiger partial charge in [0.05, 0.1) is 17.3 Å². The zero-order valence-corrected chi connectivity index (χ0v) is 9.95. The molecule has 1 unspecified atom stereocenters. The molecule has 0 radical (unpaired) electrons. The van der Waals surface area contributed by atoms with Crippen molar-refractivity contribution in [3.8, 4) is 0 Å². The number of halogens is 1. The van der Waals surface area contributed by atoms with E-state index in [0.29, 0.717) is 4.47 Å². The van der Waals surface area contributed by atoms with Crippen molar-refractivity contribution < 1.29 is 9.53 Å². The highest BCUT2D eigenvalue weighted by Gasteiger charge is 2.15. The summed E-state index contributed by atoms with van der Waals surface area (Å²) >= 11 is 3.07. The van der Waals surface area contributed by atoms with Gasteiger partial charge in [0.2, 0.25) is 5.43 Å². The molecule has 1 rings (SSSR count). The van der Waals surface area contributed by atoms with Crippen LogP contribution in [0.2, 0.25) is 0 Å². The first-order valence-electron chi connectivity index (χ1n) is 4.22. The number of pyridine rings is 1. The molecule has 15 heavy (non-hydrogen) atoms. The Kier molecular flexibility index (Phi) is 3.52. The molecule has 0 spiro atoms. The van der Waals surface area contributed by atoms with Gasteiger partial charge in [-0.1, -0.05) is 0 Å². The van der Waals surface area contributed by atoms with Crippen LogP contribution < -0.4 is 11.2 Å². The number of rotatable bonds is 2. The van der Waals surface area contributed by atoms with Crippen LogP contribution in [0.25, 0.3) is 0 Å². The summed E-state index contributed by atoms with van der Waals surface area (Å²) in [6, 6.07) is -0.519. The summed E-state index contributed by atoms with van der Waals surface area (Å²) in [6.07, 6.45) is 2.91. The number of hydrogen-bond donors (Lipinski definition) is 1. The maximum Gasteiger partial charge on any atom is 0.328 e. The maximum absolute atomic E-state index is 11.3. The first-order valence-corrected chi connectivity index (χ1v) is 5.01. The van der Waals surface area contributed by atoms with Gasteiger partial charge in [0.1, 0.15) is 6.04 Å². The van der Waals surface area contributed by atoms with Crippen molar-refractivity contribution in [2.24, 2.45) is 0 Å².